The molecule has 2 aromatic carbocycles. The molecule has 0 radical (unpaired) electrons. The van der Waals surface area contributed by atoms with Gasteiger partial charge in [-0.2, -0.15) is 0 Å². The predicted octanol–water partition coefficient (Wildman–Crippen LogP) is 4.56. The van der Waals surface area contributed by atoms with Gasteiger partial charge in [-0.25, -0.2) is 4.39 Å². The van der Waals surface area contributed by atoms with Gasteiger partial charge in [0.25, 0.3) is 0 Å². The molecule has 132 valence electrons. The second-order valence-corrected chi connectivity index (χ2v) is 7.74. The van der Waals surface area contributed by atoms with Crippen LogP contribution in [0.15, 0.2) is 48.5 Å². The Morgan fingerprint density at radius 1 is 1.04 bits per heavy atom. The van der Waals surface area contributed by atoms with Gasteiger partial charge in [-0.3, -0.25) is 4.79 Å². The van der Waals surface area contributed by atoms with E-state index in [4.69, 9.17) is 0 Å². The Kier molecular flexibility index (Phi) is 4.80. The number of halogens is 1. The van der Waals surface area contributed by atoms with E-state index >= 15 is 0 Å². The van der Waals surface area contributed by atoms with Crippen molar-refractivity contribution in [1.29, 1.82) is 0 Å². The first kappa shape index (κ1) is 17.5. The van der Waals surface area contributed by atoms with Crippen molar-refractivity contribution in [1.82, 2.24) is 5.32 Å². The number of nitrogens with one attached hydrogen (secondary N) is 2. The lowest BCUT2D eigenvalue weighted by Crippen LogP contribution is -2.34. The Balaban J connectivity index is 1.81. The van der Waals surface area contributed by atoms with Crippen molar-refractivity contribution in [3.8, 4) is 0 Å². The molecule has 1 aliphatic rings. The summed E-state index contributed by atoms with van der Waals surface area (Å²) in [6.07, 6.45) is 2.06. The van der Waals surface area contributed by atoms with Gasteiger partial charge in [0.2, 0.25) is 5.91 Å². The van der Waals surface area contributed by atoms with Crippen LogP contribution in [0.3, 0.4) is 0 Å². The molecular formula is C21H25FN2O. The quantitative estimate of drug-likeness (QED) is 0.838. The molecule has 1 fully saturated rings. The van der Waals surface area contributed by atoms with Crippen LogP contribution in [0.1, 0.15) is 50.8 Å². The second kappa shape index (κ2) is 6.87. The van der Waals surface area contributed by atoms with Crippen LogP contribution in [0.25, 0.3) is 0 Å². The average molecular weight is 340 g/mol. The van der Waals surface area contributed by atoms with Gasteiger partial charge in [-0.1, -0.05) is 45.0 Å². The molecule has 0 aromatic heterocycles. The van der Waals surface area contributed by atoms with Gasteiger partial charge < -0.3 is 10.6 Å². The number of benzene rings is 2. The number of carbonyl (C=O) groups excluding carboxylic acids is 1. The van der Waals surface area contributed by atoms with Gasteiger partial charge in [0.1, 0.15) is 11.9 Å². The van der Waals surface area contributed by atoms with Gasteiger partial charge in [-0.15, -0.1) is 0 Å². The number of carbonyl (C=O) groups is 1. The lowest BCUT2D eigenvalue weighted by Gasteiger charge is -2.22. The molecular weight excluding hydrogens is 315 g/mol. The van der Waals surface area contributed by atoms with Gasteiger partial charge in [0.05, 0.1) is 0 Å². The first-order valence-electron chi connectivity index (χ1n) is 8.76. The van der Waals surface area contributed by atoms with Crippen molar-refractivity contribution >= 4 is 11.6 Å². The largest absolute Gasteiger partial charge is 0.370 e. The smallest absolute Gasteiger partial charge is 0.247 e. The molecule has 3 nitrogen and oxygen atoms in total. The maximum absolute atomic E-state index is 13.2. The highest BCUT2D eigenvalue weighted by molar-refractivity contribution is 5.86. The highest BCUT2D eigenvalue weighted by Crippen LogP contribution is 2.27. The standard InChI is InChI=1S/C21H25FN2O/c1-21(2,3)15-6-10-17(11-7-15)23-19(20(25)24-18-12-13-18)14-4-8-16(22)9-5-14/h4-11,18-19,23H,12-13H2,1-3H3,(H,24,25)/t19-/m0/s1. The summed E-state index contributed by atoms with van der Waals surface area (Å²) in [4.78, 5) is 12.6. The molecule has 0 aliphatic heterocycles. The third-order valence-corrected chi connectivity index (χ3v) is 4.45. The van der Waals surface area contributed by atoms with Gasteiger partial charge in [0.15, 0.2) is 0 Å². The highest BCUT2D eigenvalue weighted by atomic mass is 19.1. The summed E-state index contributed by atoms with van der Waals surface area (Å²) < 4.78 is 13.2. The zero-order chi connectivity index (χ0) is 18.0. The average Bonchev–Trinajstić information content (AvgIpc) is 3.37. The summed E-state index contributed by atoms with van der Waals surface area (Å²) in [5, 5.41) is 6.32. The van der Waals surface area contributed by atoms with Crippen LogP contribution >= 0.6 is 0 Å². The molecule has 1 saturated carbocycles. The monoisotopic (exact) mass is 340 g/mol. The molecule has 3 rings (SSSR count). The summed E-state index contributed by atoms with van der Waals surface area (Å²) in [5.74, 6) is -0.381. The van der Waals surface area contributed by atoms with Crippen LogP contribution < -0.4 is 10.6 Å². The molecule has 2 aromatic rings. The fraction of sp³-hybridized carbons (Fsp3) is 0.381. The zero-order valence-corrected chi connectivity index (χ0v) is 15.0. The Morgan fingerprint density at radius 2 is 1.64 bits per heavy atom. The summed E-state index contributed by atoms with van der Waals surface area (Å²) in [6, 6.07) is 13.9. The first-order valence-corrected chi connectivity index (χ1v) is 8.76. The lowest BCUT2D eigenvalue weighted by molar-refractivity contribution is -0.122. The van der Waals surface area contributed by atoms with Crippen LogP contribution in [-0.2, 0) is 10.2 Å². The number of rotatable bonds is 5. The molecule has 0 bridgehead atoms. The summed E-state index contributed by atoms with van der Waals surface area (Å²) >= 11 is 0. The molecule has 0 heterocycles. The van der Waals surface area contributed by atoms with Crippen molar-refractivity contribution in [3.63, 3.8) is 0 Å². The van der Waals surface area contributed by atoms with E-state index in [1.807, 2.05) is 12.1 Å². The van der Waals surface area contributed by atoms with E-state index in [2.05, 4.69) is 43.5 Å². The van der Waals surface area contributed by atoms with Crippen LogP contribution in [0.2, 0.25) is 0 Å². The minimum Gasteiger partial charge on any atom is -0.370 e. The van der Waals surface area contributed by atoms with E-state index in [0.29, 0.717) is 0 Å². The summed E-state index contributed by atoms with van der Waals surface area (Å²) in [5.41, 5.74) is 2.93. The summed E-state index contributed by atoms with van der Waals surface area (Å²) in [6.45, 7) is 6.50. The second-order valence-electron chi connectivity index (χ2n) is 7.74. The van der Waals surface area contributed by atoms with Crippen molar-refractivity contribution in [2.45, 2.75) is 51.1 Å². The van der Waals surface area contributed by atoms with E-state index in [-0.39, 0.29) is 23.2 Å². The van der Waals surface area contributed by atoms with E-state index in [0.717, 1.165) is 24.1 Å². The number of hydrogen-bond donors (Lipinski definition) is 2. The van der Waals surface area contributed by atoms with Crippen molar-refractivity contribution in [2.24, 2.45) is 0 Å². The van der Waals surface area contributed by atoms with E-state index < -0.39 is 6.04 Å². The SMILES string of the molecule is CC(C)(C)c1ccc(N[C@H](C(=O)NC2CC2)c2ccc(F)cc2)cc1. The fourth-order valence-corrected chi connectivity index (χ4v) is 2.70. The Morgan fingerprint density at radius 3 is 2.16 bits per heavy atom. The Hall–Kier alpha value is -2.36. The molecule has 1 aliphatic carbocycles. The van der Waals surface area contributed by atoms with Crippen molar-refractivity contribution in [2.75, 3.05) is 5.32 Å². The molecule has 4 heteroatoms. The third kappa shape index (κ3) is 4.59. The molecule has 2 N–H and O–H groups in total. The van der Waals surface area contributed by atoms with Crippen LogP contribution in [0.5, 0.6) is 0 Å². The Bertz CT molecular complexity index is 728. The van der Waals surface area contributed by atoms with Gasteiger partial charge in [-0.05, 0) is 53.6 Å². The van der Waals surface area contributed by atoms with Gasteiger partial charge in [0, 0.05) is 11.7 Å². The zero-order valence-electron chi connectivity index (χ0n) is 15.0. The van der Waals surface area contributed by atoms with Crippen LogP contribution in [0, 0.1) is 5.82 Å². The fourth-order valence-electron chi connectivity index (χ4n) is 2.70. The third-order valence-electron chi connectivity index (χ3n) is 4.45. The number of hydrogen-bond acceptors (Lipinski definition) is 2. The first-order chi connectivity index (χ1) is 11.8. The van der Waals surface area contributed by atoms with Crippen molar-refractivity contribution in [3.05, 3.63) is 65.5 Å². The summed E-state index contributed by atoms with van der Waals surface area (Å²) in [7, 11) is 0. The molecule has 0 saturated heterocycles. The van der Waals surface area contributed by atoms with Crippen molar-refractivity contribution < 1.29 is 9.18 Å². The van der Waals surface area contributed by atoms with Gasteiger partial charge >= 0.3 is 0 Å². The van der Waals surface area contributed by atoms with E-state index in [1.54, 1.807) is 12.1 Å². The predicted molar refractivity (Wildman–Crippen MR) is 99.1 cm³/mol. The minimum absolute atomic E-state index is 0.0750. The topological polar surface area (TPSA) is 41.1 Å². The Labute approximate surface area is 148 Å². The molecule has 1 atom stereocenters. The van der Waals surface area contributed by atoms with Crippen LogP contribution in [-0.4, -0.2) is 11.9 Å². The number of anilines is 1. The molecule has 1 amide bonds. The van der Waals surface area contributed by atoms with E-state index in [1.165, 1.54) is 17.7 Å². The van der Waals surface area contributed by atoms with E-state index in [9.17, 15) is 9.18 Å². The lowest BCUT2D eigenvalue weighted by atomic mass is 9.87. The number of amides is 1. The minimum atomic E-state index is -0.540. The van der Waals surface area contributed by atoms with Crippen LogP contribution in [0.4, 0.5) is 10.1 Å². The maximum Gasteiger partial charge on any atom is 0.247 e. The molecule has 25 heavy (non-hydrogen) atoms. The maximum atomic E-state index is 13.2. The normalized spacial score (nSPS) is 15.5. The highest BCUT2D eigenvalue weighted by Gasteiger charge is 2.28. The molecule has 0 unspecified atom stereocenters. The molecule has 0 spiro atoms.